The van der Waals surface area contributed by atoms with Crippen molar-refractivity contribution < 1.29 is 14.3 Å². The molecule has 3 aromatic rings. The van der Waals surface area contributed by atoms with Crippen LogP contribution in [0.15, 0.2) is 48.7 Å². The Morgan fingerprint density at radius 2 is 1.79 bits per heavy atom. The topological polar surface area (TPSA) is 66.8 Å². The molecule has 0 radical (unpaired) electrons. The van der Waals surface area contributed by atoms with Crippen LogP contribution in [0, 0.1) is 5.92 Å². The third kappa shape index (κ3) is 5.19. The highest BCUT2D eigenvalue weighted by atomic mass is 32.1. The molecule has 0 unspecified atom stereocenters. The predicted molar refractivity (Wildman–Crippen MR) is 135 cm³/mol. The molecule has 34 heavy (non-hydrogen) atoms. The van der Waals surface area contributed by atoms with E-state index in [4.69, 9.17) is 4.74 Å². The van der Waals surface area contributed by atoms with Crippen LogP contribution in [0.2, 0.25) is 0 Å². The number of thiophene rings is 1. The van der Waals surface area contributed by atoms with Crippen LogP contribution < -0.4 is 5.32 Å². The van der Waals surface area contributed by atoms with Crippen molar-refractivity contribution in [3.05, 3.63) is 53.5 Å². The largest absolute Gasteiger partial charge is 0.379 e. The molecular formula is C26H32N4O3S. The maximum absolute atomic E-state index is 13.1. The first kappa shape index (κ1) is 23.1. The van der Waals surface area contributed by atoms with Crippen molar-refractivity contribution in [1.29, 1.82) is 0 Å². The molecule has 0 spiro atoms. The molecule has 2 fully saturated rings. The molecule has 1 aromatic carbocycles. The number of nitrogens with one attached hydrogen (secondary N) is 1. The Morgan fingerprint density at radius 1 is 1.00 bits per heavy atom. The number of hydrogen-bond donors (Lipinski definition) is 1. The molecule has 1 N–H and O–H groups in total. The zero-order valence-corrected chi connectivity index (χ0v) is 20.3. The smallest absolute Gasteiger partial charge is 0.263 e. The van der Waals surface area contributed by atoms with Gasteiger partial charge in [0.2, 0.25) is 5.91 Å². The minimum Gasteiger partial charge on any atom is -0.379 e. The van der Waals surface area contributed by atoms with Crippen molar-refractivity contribution in [2.24, 2.45) is 5.92 Å². The second-order valence-electron chi connectivity index (χ2n) is 9.05. The monoisotopic (exact) mass is 480 g/mol. The van der Waals surface area contributed by atoms with E-state index in [0.29, 0.717) is 19.6 Å². The first-order chi connectivity index (χ1) is 16.7. The van der Waals surface area contributed by atoms with Gasteiger partial charge in [-0.25, -0.2) is 0 Å². The highest BCUT2D eigenvalue weighted by Gasteiger charge is 2.28. The van der Waals surface area contributed by atoms with Gasteiger partial charge in [0.1, 0.15) is 5.00 Å². The van der Waals surface area contributed by atoms with Gasteiger partial charge in [-0.15, -0.1) is 11.3 Å². The minimum atomic E-state index is -0.00225. The lowest BCUT2D eigenvalue weighted by Gasteiger charge is -2.31. The fourth-order valence-corrected chi connectivity index (χ4v) is 5.80. The Balaban J connectivity index is 1.09. The summed E-state index contributed by atoms with van der Waals surface area (Å²) in [5.74, 6) is 0.196. The average molecular weight is 481 g/mol. The van der Waals surface area contributed by atoms with Gasteiger partial charge < -0.3 is 19.5 Å². The van der Waals surface area contributed by atoms with Crippen LogP contribution in [0.25, 0.3) is 15.9 Å². The summed E-state index contributed by atoms with van der Waals surface area (Å²) in [6.45, 7) is 6.54. The number of para-hydroxylation sites is 1. The molecule has 0 atom stereocenters. The van der Waals surface area contributed by atoms with Gasteiger partial charge in [-0.1, -0.05) is 18.2 Å². The lowest BCUT2D eigenvalue weighted by atomic mass is 9.95. The van der Waals surface area contributed by atoms with E-state index in [1.54, 1.807) is 0 Å². The van der Waals surface area contributed by atoms with E-state index in [9.17, 15) is 9.59 Å². The van der Waals surface area contributed by atoms with Crippen LogP contribution in [0.5, 0.6) is 0 Å². The minimum absolute atomic E-state index is 0.00225. The lowest BCUT2D eigenvalue weighted by molar-refractivity contribution is -0.126. The number of fused-ring (bicyclic) bond motifs is 1. The summed E-state index contributed by atoms with van der Waals surface area (Å²) in [4.78, 5) is 30.7. The number of aromatic nitrogens is 1. The molecule has 2 aliphatic rings. The van der Waals surface area contributed by atoms with E-state index < -0.39 is 0 Å². The first-order valence-electron chi connectivity index (χ1n) is 12.2. The third-order valence-corrected chi connectivity index (χ3v) is 7.92. The number of morpholine rings is 1. The Morgan fingerprint density at radius 3 is 2.62 bits per heavy atom. The van der Waals surface area contributed by atoms with Crippen molar-refractivity contribution >= 4 is 34.1 Å². The van der Waals surface area contributed by atoms with Crippen LogP contribution in [0.1, 0.15) is 28.9 Å². The van der Waals surface area contributed by atoms with Gasteiger partial charge in [-0.3, -0.25) is 14.5 Å². The van der Waals surface area contributed by atoms with Gasteiger partial charge in [0.25, 0.3) is 5.91 Å². The third-order valence-electron chi connectivity index (χ3n) is 6.85. The van der Waals surface area contributed by atoms with E-state index in [0.717, 1.165) is 67.5 Å². The molecule has 0 bridgehead atoms. The number of benzene rings is 1. The SMILES string of the molecule is O=C(NCCCN1CCOCC1)C1CCN(C(=O)c2ccc(-n3ccc4ccccc43)s2)CC1. The quantitative estimate of drug-likeness (QED) is 0.527. The van der Waals surface area contributed by atoms with Crippen LogP contribution in [0.4, 0.5) is 0 Å². The highest BCUT2D eigenvalue weighted by molar-refractivity contribution is 7.16. The van der Waals surface area contributed by atoms with Crippen LogP contribution >= 0.6 is 11.3 Å². The summed E-state index contributed by atoms with van der Waals surface area (Å²) in [5, 5.41) is 5.32. The molecule has 4 heterocycles. The molecule has 2 aromatic heterocycles. The zero-order valence-electron chi connectivity index (χ0n) is 19.4. The molecule has 0 saturated carbocycles. The van der Waals surface area contributed by atoms with Crippen molar-refractivity contribution in [1.82, 2.24) is 19.7 Å². The number of nitrogens with zero attached hydrogens (tertiary/aromatic N) is 3. The van der Waals surface area contributed by atoms with Gasteiger partial charge in [0.15, 0.2) is 0 Å². The maximum atomic E-state index is 13.1. The Bertz CT molecular complexity index is 1130. The molecule has 7 nitrogen and oxygen atoms in total. The Labute approximate surface area is 204 Å². The standard InChI is InChI=1S/C26H32N4O3S/c31-25(27-11-3-12-28-16-18-33-19-17-28)21-8-13-29(14-9-21)26(32)23-6-7-24(34-23)30-15-10-20-4-1-2-5-22(20)30/h1-2,4-7,10,15,21H,3,8-9,11-14,16-19H2,(H,27,31). The molecule has 2 amide bonds. The fourth-order valence-electron chi connectivity index (χ4n) is 4.83. The highest BCUT2D eigenvalue weighted by Crippen LogP contribution is 2.28. The number of hydrogen-bond acceptors (Lipinski definition) is 5. The van der Waals surface area contributed by atoms with Crippen molar-refractivity contribution in [2.45, 2.75) is 19.3 Å². The summed E-state index contributed by atoms with van der Waals surface area (Å²) >= 11 is 1.52. The number of carbonyl (C=O) groups is 2. The molecule has 8 heteroatoms. The maximum Gasteiger partial charge on any atom is 0.263 e. The Kier molecular flexibility index (Phi) is 7.27. The van der Waals surface area contributed by atoms with E-state index >= 15 is 0 Å². The number of rotatable bonds is 7. The van der Waals surface area contributed by atoms with Crippen molar-refractivity contribution in [3.8, 4) is 5.00 Å². The molecule has 180 valence electrons. The molecule has 5 rings (SSSR count). The number of piperidine rings is 1. The molecule has 0 aliphatic carbocycles. The molecule has 2 saturated heterocycles. The summed E-state index contributed by atoms with van der Waals surface area (Å²) in [6.07, 6.45) is 4.46. The zero-order chi connectivity index (χ0) is 23.3. The van der Waals surface area contributed by atoms with E-state index in [-0.39, 0.29) is 17.7 Å². The van der Waals surface area contributed by atoms with Gasteiger partial charge in [0, 0.05) is 44.8 Å². The normalized spacial score (nSPS) is 17.8. The van der Waals surface area contributed by atoms with Crippen molar-refractivity contribution in [3.63, 3.8) is 0 Å². The van der Waals surface area contributed by atoms with Gasteiger partial charge >= 0.3 is 0 Å². The number of ether oxygens (including phenoxy) is 1. The summed E-state index contributed by atoms with van der Waals surface area (Å²) in [7, 11) is 0. The number of amides is 2. The van der Waals surface area contributed by atoms with Crippen molar-refractivity contribution in [2.75, 3.05) is 52.5 Å². The summed E-state index contributed by atoms with van der Waals surface area (Å²) < 4.78 is 7.50. The first-order valence-corrected chi connectivity index (χ1v) is 13.0. The van der Waals surface area contributed by atoms with Gasteiger partial charge in [0.05, 0.1) is 23.6 Å². The summed E-state index contributed by atoms with van der Waals surface area (Å²) in [6, 6.07) is 14.3. The van der Waals surface area contributed by atoms with Crippen LogP contribution in [0.3, 0.4) is 0 Å². The van der Waals surface area contributed by atoms with Gasteiger partial charge in [-0.2, -0.15) is 0 Å². The second-order valence-corrected chi connectivity index (χ2v) is 10.1. The van der Waals surface area contributed by atoms with E-state index in [1.807, 2.05) is 29.2 Å². The average Bonchev–Trinajstić information content (AvgIpc) is 3.54. The number of carbonyl (C=O) groups excluding carboxylic acids is 2. The fraction of sp³-hybridized carbons (Fsp3) is 0.462. The van der Waals surface area contributed by atoms with E-state index in [2.05, 4.69) is 39.2 Å². The van der Waals surface area contributed by atoms with Crippen LogP contribution in [-0.2, 0) is 9.53 Å². The second kappa shape index (κ2) is 10.7. The molecular weight excluding hydrogens is 448 g/mol. The summed E-state index contributed by atoms with van der Waals surface area (Å²) in [5.41, 5.74) is 1.14. The number of likely N-dealkylation sites (tertiary alicyclic amines) is 1. The lowest BCUT2D eigenvalue weighted by Crippen LogP contribution is -2.43. The van der Waals surface area contributed by atoms with E-state index in [1.165, 1.54) is 16.7 Å². The molecule has 2 aliphatic heterocycles. The predicted octanol–water partition coefficient (Wildman–Crippen LogP) is 3.38. The van der Waals surface area contributed by atoms with Crippen LogP contribution in [-0.4, -0.2) is 78.7 Å². The van der Waals surface area contributed by atoms with Gasteiger partial charge in [-0.05, 0) is 55.5 Å². The Hall–Kier alpha value is -2.68.